The minimum absolute atomic E-state index is 0.0461. The summed E-state index contributed by atoms with van der Waals surface area (Å²) in [6.45, 7) is 2.87. The Labute approximate surface area is 210 Å². The van der Waals surface area contributed by atoms with Gasteiger partial charge in [0.25, 0.3) is 5.91 Å². The van der Waals surface area contributed by atoms with E-state index in [4.69, 9.17) is 9.47 Å². The molecule has 1 N–H and O–H groups in total. The third kappa shape index (κ3) is 4.17. The molecule has 0 saturated heterocycles. The first-order valence-corrected chi connectivity index (χ1v) is 12.0. The minimum Gasteiger partial charge on any atom is -0.497 e. The molecule has 1 aromatic heterocycles. The fourth-order valence-corrected chi connectivity index (χ4v) is 4.94. The highest BCUT2D eigenvalue weighted by Gasteiger charge is 2.42. The van der Waals surface area contributed by atoms with Crippen LogP contribution in [0.15, 0.2) is 72.8 Å². The molecule has 36 heavy (non-hydrogen) atoms. The number of carbonyl (C=O) groups is 2. The van der Waals surface area contributed by atoms with Gasteiger partial charge in [0, 0.05) is 30.1 Å². The normalized spacial score (nSPS) is 14.7. The van der Waals surface area contributed by atoms with E-state index in [9.17, 15) is 9.59 Å². The van der Waals surface area contributed by atoms with Gasteiger partial charge in [0.05, 0.1) is 19.8 Å². The lowest BCUT2D eigenvalue weighted by Gasteiger charge is -2.26. The Hall–Kier alpha value is -4.26. The number of benzene rings is 3. The number of ether oxygens (including phenoxy) is 2. The molecule has 7 heteroatoms. The minimum atomic E-state index is -0.374. The maximum Gasteiger partial charge on any atom is 0.272 e. The molecule has 0 fully saturated rings. The number of carbonyl (C=O) groups excluding carboxylic acids is 2. The molecule has 5 rings (SSSR count). The molecule has 0 saturated carbocycles. The van der Waals surface area contributed by atoms with Crippen molar-refractivity contribution in [2.45, 2.75) is 19.5 Å². The van der Waals surface area contributed by atoms with E-state index in [1.54, 1.807) is 12.0 Å². The lowest BCUT2D eigenvalue weighted by molar-refractivity contribution is -0.122. The Morgan fingerprint density at radius 2 is 1.67 bits per heavy atom. The summed E-state index contributed by atoms with van der Waals surface area (Å²) in [6.07, 6.45) is 0. The van der Waals surface area contributed by atoms with Gasteiger partial charge in [-0.05, 0) is 48.4 Å². The molecular weight excluding hydrogens is 454 g/mol. The van der Waals surface area contributed by atoms with E-state index in [2.05, 4.69) is 5.32 Å². The van der Waals surface area contributed by atoms with Crippen molar-refractivity contribution in [3.63, 3.8) is 0 Å². The van der Waals surface area contributed by atoms with Crippen LogP contribution < -0.4 is 14.8 Å². The summed E-state index contributed by atoms with van der Waals surface area (Å²) in [5.74, 6) is 1.16. The Morgan fingerprint density at radius 3 is 2.36 bits per heavy atom. The van der Waals surface area contributed by atoms with Gasteiger partial charge in [-0.3, -0.25) is 9.59 Å². The SMILES string of the molecule is CCOc1ccc(CNC(=O)CN2C(=O)c3c(c4ccccc4n3C)[C@H]2c2ccc(OC)cc2)cc1. The van der Waals surface area contributed by atoms with E-state index < -0.39 is 0 Å². The zero-order valence-electron chi connectivity index (χ0n) is 20.7. The third-order valence-corrected chi connectivity index (χ3v) is 6.66. The van der Waals surface area contributed by atoms with E-state index in [1.165, 1.54) is 0 Å². The quantitative estimate of drug-likeness (QED) is 0.402. The van der Waals surface area contributed by atoms with Gasteiger partial charge in [-0.1, -0.05) is 42.5 Å². The number of hydrogen-bond acceptors (Lipinski definition) is 4. The predicted molar refractivity (Wildman–Crippen MR) is 138 cm³/mol. The van der Waals surface area contributed by atoms with Crippen molar-refractivity contribution in [2.24, 2.45) is 7.05 Å². The number of fused-ring (bicyclic) bond motifs is 3. The number of aryl methyl sites for hydroxylation is 1. The van der Waals surface area contributed by atoms with Gasteiger partial charge in [0.1, 0.15) is 23.7 Å². The first-order valence-electron chi connectivity index (χ1n) is 12.0. The van der Waals surface area contributed by atoms with Gasteiger partial charge >= 0.3 is 0 Å². The summed E-state index contributed by atoms with van der Waals surface area (Å²) in [5, 5.41) is 3.97. The Bertz CT molecular complexity index is 1410. The molecule has 1 aliphatic heterocycles. The van der Waals surface area contributed by atoms with E-state index in [0.717, 1.165) is 39.1 Å². The lowest BCUT2D eigenvalue weighted by atomic mass is 9.98. The van der Waals surface area contributed by atoms with Crippen molar-refractivity contribution in [2.75, 3.05) is 20.3 Å². The molecule has 0 aliphatic carbocycles. The van der Waals surface area contributed by atoms with Gasteiger partial charge < -0.3 is 24.3 Å². The van der Waals surface area contributed by atoms with Gasteiger partial charge in [0.2, 0.25) is 5.91 Å². The van der Waals surface area contributed by atoms with E-state index in [-0.39, 0.29) is 24.4 Å². The lowest BCUT2D eigenvalue weighted by Crippen LogP contribution is -2.39. The van der Waals surface area contributed by atoms with Crippen molar-refractivity contribution in [3.8, 4) is 11.5 Å². The number of aromatic nitrogens is 1. The zero-order valence-corrected chi connectivity index (χ0v) is 20.7. The molecule has 2 amide bonds. The molecule has 0 radical (unpaired) electrons. The van der Waals surface area contributed by atoms with Crippen molar-refractivity contribution >= 4 is 22.7 Å². The standard InChI is InChI=1S/C29H29N3O4/c1-4-36-22-13-9-19(10-14-22)17-30-25(33)18-32-27(20-11-15-21(35-3)16-12-20)26-23-7-5-6-8-24(23)31(2)28(26)29(32)34/h5-16,27H,4,17-18H2,1-3H3,(H,30,33)/t27-/m1/s1. The van der Waals surface area contributed by atoms with Crippen LogP contribution in [0.5, 0.6) is 11.5 Å². The van der Waals surface area contributed by atoms with Crippen LogP contribution in [-0.4, -0.2) is 41.5 Å². The van der Waals surface area contributed by atoms with Crippen LogP contribution in [0.2, 0.25) is 0 Å². The molecule has 4 aromatic rings. The molecule has 1 aliphatic rings. The van der Waals surface area contributed by atoms with Crippen LogP contribution >= 0.6 is 0 Å². The van der Waals surface area contributed by atoms with Crippen LogP contribution in [0, 0.1) is 0 Å². The molecule has 184 valence electrons. The molecule has 0 bridgehead atoms. The second kappa shape index (κ2) is 9.77. The van der Waals surface area contributed by atoms with Crippen molar-refractivity contribution < 1.29 is 19.1 Å². The molecule has 2 heterocycles. The predicted octanol–water partition coefficient (Wildman–Crippen LogP) is 4.45. The highest BCUT2D eigenvalue weighted by atomic mass is 16.5. The number of para-hydroxylation sites is 1. The topological polar surface area (TPSA) is 72.8 Å². The summed E-state index contributed by atoms with van der Waals surface area (Å²) >= 11 is 0. The summed E-state index contributed by atoms with van der Waals surface area (Å²) in [5.41, 5.74) is 4.44. The first-order chi connectivity index (χ1) is 17.5. The van der Waals surface area contributed by atoms with Crippen LogP contribution in [0.1, 0.15) is 40.1 Å². The molecule has 0 unspecified atom stereocenters. The molecule has 7 nitrogen and oxygen atoms in total. The second-order valence-electron chi connectivity index (χ2n) is 8.80. The average molecular weight is 484 g/mol. The number of nitrogens with one attached hydrogen (secondary N) is 1. The van der Waals surface area contributed by atoms with E-state index >= 15 is 0 Å². The summed E-state index contributed by atoms with van der Waals surface area (Å²) in [4.78, 5) is 28.4. The van der Waals surface area contributed by atoms with Crippen LogP contribution in [0.4, 0.5) is 0 Å². The fourth-order valence-electron chi connectivity index (χ4n) is 4.94. The average Bonchev–Trinajstić information content (AvgIpc) is 3.36. The van der Waals surface area contributed by atoms with Gasteiger partial charge in [0.15, 0.2) is 0 Å². The first kappa shape index (κ1) is 23.5. The maximum atomic E-state index is 13.7. The van der Waals surface area contributed by atoms with Gasteiger partial charge in [-0.15, -0.1) is 0 Å². The molecular formula is C29H29N3O4. The number of rotatable bonds is 8. The Balaban J connectivity index is 1.42. The Morgan fingerprint density at radius 1 is 0.972 bits per heavy atom. The molecule has 1 atom stereocenters. The highest BCUT2D eigenvalue weighted by molar-refractivity contribution is 6.07. The number of nitrogens with zero attached hydrogens (tertiary/aromatic N) is 2. The van der Waals surface area contributed by atoms with Gasteiger partial charge in [-0.25, -0.2) is 0 Å². The van der Waals surface area contributed by atoms with E-state index in [1.807, 2.05) is 91.3 Å². The fraction of sp³-hybridized carbons (Fsp3) is 0.241. The van der Waals surface area contributed by atoms with Crippen molar-refractivity contribution in [1.82, 2.24) is 14.8 Å². The van der Waals surface area contributed by atoms with Crippen LogP contribution in [0.25, 0.3) is 10.9 Å². The zero-order chi connectivity index (χ0) is 25.2. The third-order valence-electron chi connectivity index (χ3n) is 6.66. The van der Waals surface area contributed by atoms with Crippen LogP contribution in [0.3, 0.4) is 0 Å². The van der Waals surface area contributed by atoms with Gasteiger partial charge in [-0.2, -0.15) is 0 Å². The summed E-state index contributed by atoms with van der Waals surface area (Å²) in [6, 6.07) is 22.9. The number of methoxy groups -OCH3 is 1. The molecule has 3 aromatic carbocycles. The number of hydrogen-bond donors (Lipinski definition) is 1. The smallest absolute Gasteiger partial charge is 0.272 e. The van der Waals surface area contributed by atoms with Crippen molar-refractivity contribution in [1.29, 1.82) is 0 Å². The van der Waals surface area contributed by atoms with Crippen LogP contribution in [-0.2, 0) is 18.4 Å². The maximum absolute atomic E-state index is 13.7. The largest absolute Gasteiger partial charge is 0.497 e. The highest BCUT2D eigenvalue weighted by Crippen LogP contribution is 2.43. The van der Waals surface area contributed by atoms with Crippen molar-refractivity contribution in [3.05, 3.63) is 95.2 Å². The number of amides is 2. The summed E-state index contributed by atoms with van der Waals surface area (Å²) in [7, 11) is 3.53. The second-order valence-corrected chi connectivity index (χ2v) is 8.80. The molecule has 0 spiro atoms. The van der Waals surface area contributed by atoms with E-state index in [0.29, 0.717) is 18.8 Å². The monoisotopic (exact) mass is 483 g/mol. The Kier molecular flexibility index (Phi) is 6.38. The summed E-state index contributed by atoms with van der Waals surface area (Å²) < 4.78 is 12.7.